The summed E-state index contributed by atoms with van der Waals surface area (Å²) >= 11 is 1.45. The van der Waals surface area contributed by atoms with Crippen molar-refractivity contribution in [1.29, 1.82) is 0 Å². The van der Waals surface area contributed by atoms with Gasteiger partial charge in [-0.05, 0) is 6.42 Å². The maximum absolute atomic E-state index is 12.3. The van der Waals surface area contributed by atoms with Crippen LogP contribution < -0.4 is 10.2 Å². The Morgan fingerprint density at radius 1 is 1.25 bits per heavy atom. The highest BCUT2D eigenvalue weighted by molar-refractivity contribution is 7.15. The van der Waals surface area contributed by atoms with Crippen LogP contribution in [-0.4, -0.2) is 57.3 Å². The average Bonchev–Trinajstić information content (AvgIpc) is 3.08. The van der Waals surface area contributed by atoms with E-state index in [0.29, 0.717) is 18.2 Å². The fraction of sp³-hybridized carbons (Fsp3) is 0.533. The summed E-state index contributed by atoms with van der Waals surface area (Å²) in [6, 6.07) is -0.119. The Balaban J connectivity index is 1.49. The van der Waals surface area contributed by atoms with Gasteiger partial charge in [0.2, 0.25) is 5.13 Å². The Labute approximate surface area is 144 Å². The van der Waals surface area contributed by atoms with Crippen molar-refractivity contribution in [3.63, 3.8) is 0 Å². The largest absolute Gasteiger partial charge is 0.352 e. The van der Waals surface area contributed by atoms with Crippen LogP contribution in [0, 0.1) is 0 Å². The number of hydrogen-bond donors (Lipinski definition) is 1. The fourth-order valence-corrected chi connectivity index (χ4v) is 3.27. The van der Waals surface area contributed by atoms with E-state index in [0.717, 1.165) is 43.2 Å². The molecule has 0 aliphatic carbocycles. The van der Waals surface area contributed by atoms with Crippen molar-refractivity contribution in [2.75, 3.05) is 36.4 Å². The molecule has 3 heterocycles. The highest BCUT2D eigenvalue weighted by Gasteiger charge is 2.22. The van der Waals surface area contributed by atoms with Gasteiger partial charge in [0.25, 0.3) is 0 Å². The van der Waals surface area contributed by atoms with Gasteiger partial charge < -0.3 is 9.80 Å². The normalized spacial score (nSPS) is 14.7. The number of hydrogen-bond acceptors (Lipinski definition) is 7. The first-order chi connectivity index (χ1) is 11.8. The van der Waals surface area contributed by atoms with E-state index < -0.39 is 0 Å². The first-order valence-electron chi connectivity index (χ1n) is 8.15. The molecule has 0 radical (unpaired) electrons. The summed E-state index contributed by atoms with van der Waals surface area (Å²) in [5.74, 6) is 0.849. The van der Waals surface area contributed by atoms with Gasteiger partial charge >= 0.3 is 6.03 Å². The van der Waals surface area contributed by atoms with Crippen LogP contribution in [0.4, 0.5) is 15.7 Å². The van der Waals surface area contributed by atoms with Crippen LogP contribution in [0.25, 0.3) is 0 Å². The highest BCUT2D eigenvalue weighted by atomic mass is 32.1. The molecule has 0 atom stereocenters. The van der Waals surface area contributed by atoms with Crippen molar-refractivity contribution in [2.24, 2.45) is 0 Å². The molecule has 24 heavy (non-hydrogen) atoms. The monoisotopic (exact) mass is 347 g/mol. The number of carbonyl (C=O) groups is 1. The van der Waals surface area contributed by atoms with Crippen LogP contribution in [0.5, 0.6) is 0 Å². The second-order valence-corrected chi connectivity index (χ2v) is 6.63. The van der Waals surface area contributed by atoms with Gasteiger partial charge in [0, 0.05) is 45.0 Å². The standard InChI is InChI=1S/C15H21N7OS/c1-2-3-4-13-19-20-14(24-13)18-15(23)22-9-7-21(8-10-22)12-11-16-5-6-17-12/h5-6,11H,2-4,7-10H2,1H3,(H,18,20,23). The quantitative estimate of drug-likeness (QED) is 0.890. The summed E-state index contributed by atoms with van der Waals surface area (Å²) in [6.45, 7) is 4.91. The van der Waals surface area contributed by atoms with Crippen molar-refractivity contribution in [3.8, 4) is 0 Å². The van der Waals surface area contributed by atoms with Crippen molar-refractivity contribution in [2.45, 2.75) is 26.2 Å². The lowest BCUT2D eigenvalue weighted by Gasteiger charge is -2.34. The van der Waals surface area contributed by atoms with E-state index in [-0.39, 0.29) is 6.03 Å². The molecule has 2 aromatic heterocycles. The second kappa shape index (κ2) is 8.00. The Morgan fingerprint density at radius 3 is 2.79 bits per heavy atom. The van der Waals surface area contributed by atoms with E-state index in [9.17, 15) is 4.79 Å². The lowest BCUT2D eigenvalue weighted by molar-refractivity contribution is 0.208. The number of nitrogens with one attached hydrogen (secondary N) is 1. The van der Waals surface area contributed by atoms with Crippen LogP contribution >= 0.6 is 11.3 Å². The molecule has 0 saturated carbocycles. The molecule has 0 unspecified atom stereocenters. The predicted octanol–water partition coefficient (Wildman–Crippen LogP) is 2.02. The number of anilines is 2. The fourth-order valence-electron chi connectivity index (χ4n) is 2.50. The van der Waals surface area contributed by atoms with Gasteiger partial charge in [-0.2, -0.15) is 0 Å². The van der Waals surface area contributed by atoms with E-state index in [1.165, 1.54) is 11.3 Å². The van der Waals surface area contributed by atoms with Gasteiger partial charge in [-0.15, -0.1) is 10.2 Å². The molecule has 1 saturated heterocycles. The molecule has 8 nitrogen and oxygen atoms in total. The number of urea groups is 1. The molecular weight excluding hydrogens is 326 g/mol. The van der Waals surface area contributed by atoms with Gasteiger partial charge in [-0.3, -0.25) is 10.3 Å². The average molecular weight is 347 g/mol. The van der Waals surface area contributed by atoms with E-state index in [1.807, 2.05) is 0 Å². The summed E-state index contributed by atoms with van der Waals surface area (Å²) in [5.41, 5.74) is 0. The molecule has 1 N–H and O–H groups in total. The Hall–Kier alpha value is -2.29. The minimum absolute atomic E-state index is 0.119. The van der Waals surface area contributed by atoms with Crippen molar-refractivity contribution in [1.82, 2.24) is 25.1 Å². The van der Waals surface area contributed by atoms with Crippen LogP contribution in [0.2, 0.25) is 0 Å². The lowest BCUT2D eigenvalue weighted by Crippen LogP contribution is -2.50. The zero-order valence-electron chi connectivity index (χ0n) is 13.7. The predicted molar refractivity (Wildman–Crippen MR) is 93.4 cm³/mol. The molecule has 1 fully saturated rings. The van der Waals surface area contributed by atoms with Crippen LogP contribution in [0.15, 0.2) is 18.6 Å². The van der Waals surface area contributed by atoms with Crippen molar-refractivity contribution < 1.29 is 4.79 Å². The van der Waals surface area contributed by atoms with Gasteiger partial charge in [0.1, 0.15) is 10.8 Å². The van der Waals surface area contributed by atoms with Crippen LogP contribution in [0.3, 0.4) is 0 Å². The summed E-state index contributed by atoms with van der Waals surface area (Å²) in [6.07, 6.45) is 8.21. The number of amides is 2. The summed E-state index contributed by atoms with van der Waals surface area (Å²) in [4.78, 5) is 24.6. The molecular formula is C15H21N7OS. The number of nitrogens with zero attached hydrogens (tertiary/aromatic N) is 6. The molecule has 0 aromatic carbocycles. The van der Waals surface area contributed by atoms with Crippen molar-refractivity contribution >= 4 is 28.3 Å². The van der Waals surface area contributed by atoms with Gasteiger partial charge in [0.05, 0.1) is 6.20 Å². The van der Waals surface area contributed by atoms with Gasteiger partial charge in [-0.25, -0.2) is 9.78 Å². The van der Waals surface area contributed by atoms with Crippen LogP contribution in [0.1, 0.15) is 24.8 Å². The molecule has 0 spiro atoms. The van der Waals surface area contributed by atoms with Crippen LogP contribution in [-0.2, 0) is 6.42 Å². The molecule has 2 amide bonds. The molecule has 128 valence electrons. The minimum Gasteiger partial charge on any atom is -0.352 e. The van der Waals surface area contributed by atoms with Gasteiger partial charge in [-0.1, -0.05) is 24.7 Å². The zero-order chi connectivity index (χ0) is 16.8. The van der Waals surface area contributed by atoms with E-state index in [1.54, 1.807) is 23.5 Å². The maximum atomic E-state index is 12.3. The SMILES string of the molecule is CCCCc1nnc(NC(=O)N2CCN(c3cnccn3)CC2)s1. The number of rotatable bonds is 5. The van der Waals surface area contributed by atoms with E-state index in [4.69, 9.17) is 0 Å². The molecule has 0 bridgehead atoms. The minimum atomic E-state index is -0.119. The van der Waals surface area contributed by atoms with Crippen molar-refractivity contribution in [3.05, 3.63) is 23.6 Å². The Kier molecular flexibility index (Phi) is 5.52. The smallest absolute Gasteiger partial charge is 0.323 e. The third-order valence-electron chi connectivity index (χ3n) is 3.87. The Morgan fingerprint density at radius 2 is 2.08 bits per heavy atom. The summed E-state index contributed by atoms with van der Waals surface area (Å²) in [5, 5.41) is 12.6. The topological polar surface area (TPSA) is 87.1 Å². The number of piperazine rings is 1. The molecule has 2 aromatic rings. The Bertz CT molecular complexity index is 655. The third kappa shape index (κ3) is 4.16. The summed E-state index contributed by atoms with van der Waals surface area (Å²) in [7, 11) is 0. The van der Waals surface area contributed by atoms with Gasteiger partial charge in [0.15, 0.2) is 0 Å². The number of unbranched alkanes of at least 4 members (excludes halogenated alkanes) is 1. The maximum Gasteiger partial charge on any atom is 0.323 e. The zero-order valence-corrected chi connectivity index (χ0v) is 14.5. The van der Waals surface area contributed by atoms with E-state index >= 15 is 0 Å². The first kappa shape index (κ1) is 16.6. The summed E-state index contributed by atoms with van der Waals surface area (Å²) < 4.78 is 0. The number of carbonyl (C=O) groups excluding carboxylic acids is 1. The molecule has 3 rings (SSSR count). The van der Waals surface area contributed by atoms with E-state index in [2.05, 4.69) is 37.3 Å². The molecule has 1 aliphatic rings. The third-order valence-corrected chi connectivity index (χ3v) is 4.76. The highest BCUT2D eigenvalue weighted by Crippen LogP contribution is 2.18. The number of aromatic nitrogens is 4. The molecule has 9 heteroatoms. The molecule has 1 aliphatic heterocycles. The lowest BCUT2D eigenvalue weighted by atomic mass is 10.3. The first-order valence-corrected chi connectivity index (χ1v) is 8.97. The second-order valence-electron chi connectivity index (χ2n) is 5.57. The number of aryl methyl sites for hydroxylation is 1.